The minimum Gasteiger partial charge on any atom is -0.381 e. The Morgan fingerprint density at radius 3 is 2.90 bits per heavy atom. The highest BCUT2D eigenvalue weighted by Gasteiger charge is 2.24. The number of aromatic nitrogens is 4. The molecule has 1 aliphatic rings. The van der Waals surface area contributed by atoms with Gasteiger partial charge in [-0.05, 0) is 27.2 Å². The Morgan fingerprint density at radius 1 is 1.50 bits per heavy atom. The number of nitrogens with zero attached hydrogens (tertiary/aromatic N) is 4. The number of alkyl halides is 1. The molecule has 3 heterocycles. The molecule has 2 unspecified atom stereocenters. The summed E-state index contributed by atoms with van der Waals surface area (Å²) < 4.78 is 9.76. The van der Waals surface area contributed by atoms with Gasteiger partial charge in [-0.1, -0.05) is 0 Å². The summed E-state index contributed by atoms with van der Waals surface area (Å²) in [5.74, 6) is 1.48. The number of halogens is 1. The summed E-state index contributed by atoms with van der Waals surface area (Å²) >= 11 is 6.33. The monoisotopic (exact) mass is 296 g/mol. The summed E-state index contributed by atoms with van der Waals surface area (Å²) in [4.78, 5) is 4.73. The summed E-state index contributed by atoms with van der Waals surface area (Å²) in [7, 11) is 0. The molecule has 0 saturated carbocycles. The molecule has 6 heteroatoms. The topological polar surface area (TPSA) is 44.9 Å². The van der Waals surface area contributed by atoms with Crippen LogP contribution in [0.4, 0.5) is 0 Å². The molecule has 5 nitrogen and oxygen atoms in total. The molecule has 20 heavy (non-hydrogen) atoms. The third kappa shape index (κ3) is 2.23. The highest BCUT2D eigenvalue weighted by Crippen LogP contribution is 2.28. The first-order chi connectivity index (χ1) is 9.61. The van der Waals surface area contributed by atoms with E-state index in [0.29, 0.717) is 5.92 Å². The number of imidazole rings is 1. The lowest BCUT2D eigenvalue weighted by molar-refractivity contribution is 0.182. The van der Waals surface area contributed by atoms with Gasteiger partial charge in [0.05, 0.1) is 17.7 Å². The second kappa shape index (κ2) is 5.37. The van der Waals surface area contributed by atoms with Gasteiger partial charge in [0, 0.05) is 25.6 Å². The van der Waals surface area contributed by atoms with E-state index < -0.39 is 0 Å². The fraction of sp³-hybridized carbons (Fsp3) is 0.714. The molecule has 0 amide bonds. The van der Waals surface area contributed by atoms with Crippen molar-refractivity contribution < 1.29 is 4.74 Å². The van der Waals surface area contributed by atoms with Crippen LogP contribution in [0.5, 0.6) is 0 Å². The molecule has 0 N–H and O–H groups in total. The Hall–Kier alpha value is -1.07. The highest BCUT2D eigenvalue weighted by molar-refractivity contribution is 6.20. The SMILES string of the molecule is CCn1nc(C)c2nc(C(C)Cl)n(CC3CCOC3)c21. The molecular weight excluding hydrogens is 276 g/mol. The van der Waals surface area contributed by atoms with Crippen LogP contribution in [0.25, 0.3) is 11.2 Å². The van der Waals surface area contributed by atoms with Gasteiger partial charge in [-0.2, -0.15) is 5.10 Å². The van der Waals surface area contributed by atoms with Crippen molar-refractivity contribution in [2.24, 2.45) is 5.92 Å². The van der Waals surface area contributed by atoms with Crippen molar-refractivity contribution in [2.75, 3.05) is 13.2 Å². The van der Waals surface area contributed by atoms with Crippen LogP contribution in [0, 0.1) is 12.8 Å². The second-order valence-corrected chi connectivity index (χ2v) is 6.15. The van der Waals surface area contributed by atoms with E-state index in [-0.39, 0.29) is 5.38 Å². The molecule has 0 aromatic carbocycles. The number of hydrogen-bond donors (Lipinski definition) is 0. The van der Waals surface area contributed by atoms with Crippen LogP contribution in [0.3, 0.4) is 0 Å². The zero-order valence-electron chi connectivity index (χ0n) is 12.3. The first kappa shape index (κ1) is 13.9. The summed E-state index contributed by atoms with van der Waals surface area (Å²) in [5, 5.41) is 4.46. The van der Waals surface area contributed by atoms with E-state index in [2.05, 4.69) is 16.6 Å². The Kier molecular flexibility index (Phi) is 3.73. The van der Waals surface area contributed by atoms with Crippen LogP contribution in [0.2, 0.25) is 0 Å². The molecule has 0 radical (unpaired) electrons. The first-order valence-electron chi connectivity index (χ1n) is 7.27. The van der Waals surface area contributed by atoms with Gasteiger partial charge < -0.3 is 9.30 Å². The van der Waals surface area contributed by atoms with Gasteiger partial charge in [-0.3, -0.25) is 0 Å². The van der Waals surface area contributed by atoms with E-state index in [9.17, 15) is 0 Å². The minimum atomic E-state index is -0.102. The minimum absolute atomic E-state index is 0.102. The molecule has 2 atom stereocenters. The lowest BCUT2D eigenvalue weighted by Crippen LogP contribution is -2.16. The van der Waals surface area contributed by atoms with Gasteiger partial charge in [-0.15, -0.1) is 11.6 Å². The van der Waals surface area contributed by atoms with Crippen LogP contribution in [0.1, 0.15) is 37.2 Å². The molecule has 0 spiro atoms. The molecule has 0 aliphatic carbocycles. The van der Waals surface area contributed by atoms with Crippen LogP contribution in [-0.4, -0.2) is 32.5 Å². The normalized spacial score (nSPS) is 20.9. The smallest absolute Gasteiger partial charge is 0.158 e. The second-order valence-electron chi connectivity index (χ2n) is 5.50. The molecule has 1 saturated heterocycles. The number of hydrogen-bond acceptors (Lipinski definition) is 3. The van der Waals surface area contributed by atoms with E-state index in [1.807, 2.05) is 18.5 Å². The number of ether oxygens (including phenoxy) is 1. The fourth-order valence-electron chi connectivity index (χ4n) is 2.93. The van der Waals surface area contributed by atoms with Gasteiger partial charge in [-0.25, -0.2) is 9.67 Å². The Balaban J connectivity index is 2.11. The van der Waals surface area contributed by atoms with E-state index >= 15 is 0 Å². The largest absolute Gasteiger partial charge is 0.381 e. The van der Waals surface area contributed by atoms with E-state index in [0.717, 1.165) is 55.4 Å². The van der Waals surface area contributed by atoms with Crippen LogP contribution < -0.4 is 0 Å². The molecule has 110 valence electrons. The fourth-order valence-corrected chi connectivity index (χ4v) is 3.10. The average molecular weight is 297 g/mol. The summed E-state index contributed by atoms with van der Waals surface area (Å²) in [6, 6.07) is 0. The highest BCUT2D eigenvalue weighted by atomic mass is 35.5. The van der Waals surface area contributed by atoms with Crippen molar-refractivity contribution in [2.45, 2.75) is 45.7 Å². The van der Waals surface area contributed by atoms with Crippen molar-refractivity contribution in [1.82, 2.24) is 19.3 Å². The van der Waals surface area contributed by atoms with Crippen molar-refractivity contribution in [3.8, 4) is 0 Å². The summed E-state index contributed by atoms with van der Waals surface area (Å²) in [6.45, 7) is 9.53. The van der Waals surface area contributed by atoms with Crippen molar-refractivity contribution in [1.29, 1.82) is 0 Å². The predicted octanol–water partition coefficient (Wildman–Crippen LogP) is 2.90. The van der Waals surface area contributed by atoms with Crippen molar-refractivity contribution in [3.05, 3.63) is 11.5 Å². The molecule has 3 rings (SSSR count). The molecule has 2 aromatic heterocycles. The van der Waals surface area contributed by atoms with Gasteiger partial charge in [0.15, 0.2) is 5.65 Å². The average Bonchev–Trinajstić information content (AvgIpc) is 3.09. The van der Waals surface area contributed by atoms with E-state index in [1.165, 1.54) is 0 Å². The zero-order chi connectivity index (χ0) is 14.3. The standard InChI is InChI=1S/C14H21ClN4O/c1-4-19-14-12(10(3)17-19)16-13(9(2)15)18(14)7-11-5-6-20-8-11/h9,11H,4-8H2,1-3H3. The molecule has 1 aliphatic heterocycles. The number of rotatable bonds is 4. The third-order valence-electron chi connectivity index (χ3n) is 3.95. The maximum atomic E-state index is 6.33. The first-order valence-corrected chi connectivity index (χ1v) is 7.70. The van der Waals surface area contributed by atoms with Gasteiger partial charge >= 0.3 is 0 Å². The molecule has 1 fully saturated rings. The van der Waals surface area contributed by atoms with Crippen molar-refractivity contribution in [3.63, 3.8) is 0 Å². The summed E-state index contributed by atoms with van der Waals surface area (Å²) in [5.41, 5.74) is 3.05. The number of fused-ring (bicyclic) bond motifs is 1. The van der Waals surface area contributed by atoms with Gasteiger partial charge in [0.1, 0.15) is 11.3 Å². The van der Waals surface area contributed by atoms with Crippen LogP contribution in [-0.2, 0) is 17.8 Å². The zero-order valence-corrected chi connectivity index (χ0v) is 13.0. The Labute approximate surface area is 123 Å². The maximum absolute atomic E-state index is 6.33. The molecule has 2 aromatic rings. The predicted molar refractivity (Wildman–Crippen MR) is 79.1 cm³/mol. The summed E-state index contributed by atoms with van der Waals surface area (Å²) in [6.07, 6.45) is 1.11. The lowest BCUT2D eigenvalue weighted by atomic mass is 10.1. The van der Waals surface area contributed by atoms with E-state index in [4.69, 9.17) is 21.3 Å². The van der Waals surface area contributed by atoms with E-state index in [1.54, 1.807) is 0 Å². The molecule has 0 bridgehead atoms. The number of aryl methyl sites for hydroxylation is 2. The Morgan fingerprint density at radius 2 is 2.30 bits per heavy atom. The quantitative estimate of drug-likeness (QED) is 0.815. The lowest BCUT2D eigenvalue weighted by Gasteiger charge is -2.15. The molecular formula is C14H21ClN4O. The van der Waals surface area contributed by atoms with Crippen molar-refractivity contribution >= 4 is 22.8 Å². The maximum Gasteiger partial charge on any atom is 0.158 e. The van der Waals surface area contributed by atoms with Gasteiger partial charge in [0.2, 0.25) is 0 Å². The third-order valence-corrected chi connectivity index (χ3v) is 4.14. The van der Waals surface area contributed by atoms with Crippen LogP contribution >= 0.6 is 11.6 Å². The van der Waals surface area contributed by atoms with Crippen LogP contribution in [0.15, 0.2) is 0 Å². The Bertz CT molecular complexity index is 610. The van der Waals surface area contributed by atoms with Gasteiger partial charge in [0.25, 0.3) is 0 Å².